The number of nitrogens with zero attached hydrogens (tertiary/aromatic N) is 4. The molecule has 7 nitrogen and oxygen atoms in total. The van der Waals surface area contributed by atoms with Crippen molar-refractivity contribution in [1.82, 2.24) is 25.1 Å². The van der Waals surface area contributed by atoms with Crippen LogP contribution in [0.3, 0.4) is 0 Å². The molecule has 0 radical (unpaired) electrons. The van der Waals surface area contributed by atoms with Gasteiger partial charge in [-0.15, -0.1) is 0 Å². The molecular weight excluding hydrogens is 270 g/mol. The van der Waals surface area contributed by atoms with Gasteiger partial charge in [0, 0.05) is 19.3 Å². The van der Waals surface area contributed by atoms with Crippen molar-refractivity contribution in [1.29, 1.82) is 0 Å². The first-order chi connectivity index (χ1) is 10.3. The maximum Gasteiger partial charge on any atom is 0.252 e. The molecule has 0 aliphatic rings. The molecule has 2 rings (SSSR count). The highest BCUT2D eigenvalue weighted by molar-refractivity contribution is 5.93. The normalized spacial score (nSPS) is 10.5. The Bertz CT molecular complexity index is 539. The third-order valence-corrected chi connectivity index (χ3v) is 3.03. The van der Waals surface area contributed by atoms with Gasteiger partial charge in [0.1, 0.15) is 12.7 Å². The molecule has 0 saturated heterocycles. The molecule has 0 fully saturated rings. The second kappa shape index (κ2) is 8.11. The molecule has 0 saturated carbocycles. The Morgan fingerprint density at radius 3 is 2.76 bits per heavy atom. The van der Waals surface area contributed by atoms with Crippen molar-refractivity contribution < 1.29 is 9.90 Å². The summed E-state index contributed by atoms with van der Waals surface area (Å²) in [5.41, 5.74) is 0.522. The van der Waals surface area contributed by atoms with Crippen molar-refractivity contribution >= 4 is 5.91 Å². The van der Waals surface area contributed by atoms with Gasteiger partial charge in [0.15, 0.2) is 5.82 Å². The van der Waals surface area contributed by atoms with Crippen molar-refractivity contribution in [2.24, 2.45) is 0 Å². The maximum atomic E-state index is 11.9. The van der Waals surface area contributed by atoms with Gasteiger partial charge in [-0.25, -0.2) is 14.6 Å². The molecule has 1 amide bonds. The lowest BCUT2D eigenvalue weighted by Crippen LogP contribution is -2.24. The number of carbonyl (C=O) groups excluding carboxylic acids is 1. The van der Waals surface area contributed by atoms with Crippen LogP contribution in [0.1, 0.15) is 36.0 Å². The van der Waals surface area contributed by atoms with Gasteiger partial charge in [0.05, 0.1) is 5.56 Å². The first kappa shape index (κ1) is 15.1. The molecule has 2 aromatic heterocycles. The Morgan fingerprint density at radius 2 is 2.10 bits per heavy atom. The minimum absolute atomic E-state index is 0.130. The number of nitrogens with one attached hydrogen (secondary N) is 1. The molecule has 0 aliphatic carbocycles. The van der Waals surface area contributed by atoms with Gasteiger partial charge >= 0.3 is 0 Å². The zero-order valence-corrected chi connectivity index (χ0v) is 11.8. The lowest BCUT2D eigenvalue weighted by atomic mass is 10.2. The van der Waals surface area contributed by atoms with Crippen LogP contribution in [-0.4, -0.2) is 43.9 Å². The lowest BCUT2D eigenvalue weighted by molar-refractivity contribution is 0.0952. The Labute approximate surface area is 123 Å². The van der Waals surface area contributed by atoms with Crippen LogP contribution < -0.4 is 5.32 Å². The van der Waals surface area contributed by atoms with E-state index in [1.807, 2.05) is 0 Å². The van der Waals surface area contributed by atoms with Gasteiger partial charge in [-0.2, -0.15) is 5.10 Å². The number of pyridine rings is 1. The number of aromatic nitrogens is 4. The summed E-state index contributed by atoms with van der Waals surface area (Å²) in [5.74, 6) is 0.489. The van der Waals surface area contributed by atoms with E-state index in [9.17, 15) is 4.79 Å². The molecule has 112 valence electrons. The third-order valence-electron chi connectivity index (χ3n) is 3.03. The minimum Gasteiger partial charge on any atom is -0.396 e. The van der Waals surface area contributed by atoms with Gasteiger partial charge in [0.2, 0.25) is 0 Å². The van der Waals surface area contributed by atoms with Crippen LogP contribution in [0.25, 0.3) is 5.82 Å². The van der Waals surface area contributed by atoms with Crippen LogP contribution in [0.5, 0.6) is 0 Å². The molecule has 2 N–H and O–H groups in total. The van der Waals surface area contributed by atoms with E-state index in [1.54, 1.807) is 18.5 Å². The van der Waals surface area contributed by atoms with Crippen LogP contribution >= 0.6 is 0 Å². The van der Waals surface area contributed by atoms with Crippen LogP contribution in [0.4, 0.5) is 0 Å². The summed E-state index contributed by atoms with van der Waals surface area (Å²) in [6, 6.07) is 3.44. The molecule has 0 aliphatic heterocycles. The highest BCUT2D eigenvalue weighted by Crippen LogP contribution is 2.04. The number of carbonyl (C=O) groups is 1. The summed E-state index contributed by atoms with van der Waals surface area (Å²) in [4.78, 5) is 19.9. The van der Waals surface area contributed by atoms with E-state index in [4.69, 9.17) is 5.11 Å². The first-order valence-corrected chi connectivity index (χ1v) is 7.01. The summed E-state index contributed by atoms with van der Waals surface area (Å²) >= 11 is 0. The molecule has 7 heteroatoms. The van der Waals surface area contributed by atoms with Crippen molar-refractivity contribution in [3.8, 4) is 5.82 Å². The van der Waals surface area contributed by atoms with Gasteiger partial charge in [-0.1, -0.05) is 12.8 Å². The summed E-state index contributed by atoms with van der Waals surface area (Å²) in [6.07, 6.45) is 8.23. The average Bonchev–Trinajstić information content (AvgIpc) is 3.05. The van der Waals surface area contributed by atoms with Gasteiger partial charge in [0.25, 0.3) is 5.91 Å². The minimum atomic E-state index is -0.130. The number of hydrogen-bond acceptors (Lipinski definition) is 5. The highest BCUT2D eigenvalue weighted by Gasteiger charge is 2.06. The Hall–Kier alpha value is -2.28. The predicted octanol–water partition coefficient (Wildman–Crippen LogP) is 0.945. The zero-order chi connectivity index (χ0) is 14.9. The van der Waals surface area contributed by atoms with E-state index in [1.165, 1.54) is 17.2 Å². The van der Waals surface area contributed by atoms with E-state index in [0.717, 1.165) is 25.7 Å². The molecule has 0 bridgehead atoms. The quantitative estimate of drug-likeness (QED) is 0.706. The number of unbranched alkanes of at least 4 members (excludes halogenated alkanes) is 3. The number of amides is 1. The molecule has 0 aromatic carbocycles. The molecule has 21 heavy (non-hydrogen) atoms. The largest absolute Gasteiger partial charge is 0.396 e. The third kappa shape index (κ3) is 4.64. The summed E-state index contributed by atoms with van der Waals surface area (Å²) in [7, 11) is 0. The molecule has 0 unspecified atom stereocenters. The van der Waals surface area contributed by atoms with Gasteiger partial charge in [-0.05, 0) is 25.0 Å². The van der Waals surface area contributed by atoms with E-state index in [0.29, 0.717) is 17.9 Å². The SMILES string of the molecule is O=C(NCCCCCCO)c1ccc(-n2cncn2)nc1. The Balaban J connectivity index is 1.78. The van der Waals surface area contributed by atoms with E-state index in [-0.39, 0.29) is 12.5 Å². The summed E-state index contributed by atoms with van der Waals surface area (Å²) in [5, 5.41) is 15.5. The van der Waals surface area contributed by atoms with Crippen LogP contribution in [0.15, 0.2) is 31.0 Å². The van der Waals surface area contributed by atoms with E-state index >= 15 is 0 Å². The van der Waals surface area contributed by atoms with Crippen molar-refractivity contribution in [3.63, 3.8) is 0 Å². The van der Waals surface area contributed by atoms with Crippen molar-refractivity contribution in [2.45, 2.75) is 25.7 Å². The first-order valence-electron chi connectivity index (χ1n) is 7.01. The fraction of sp³-hybridized carbons (Fsp3) is 0.429. The molecule has 0 spiro atoms. The van der Waals surface area contributed by atoms with Crippen LogP contribution in [0.2, 0.25) is 0 Å². The molecular formula is C14H19N5O2. The van der Waals surface area contributed by atoms with Crippen molar-refractivity contribution in [2.75, 3.05) is 13.2 Å². The standard InChI is InChI=1S/C14H19N5O2/c20-8-4-2-1-3-7-16-14(21)12-5-6-13(17-9-12)19-11-15-10-18-19/h5-6,9-11,20H,1-4,7-8H2,(H,16,21). The Morgan fingerprint density at radius 1 is 1.24 bits per heavy atom. The van der Waals surface area contributed by atoms with E-state index < -0.39 is 0 Å². The van der Waals surface area contributed by atoms with Gasteiger partial charge < -0.3 is 10.4 Å². The summed E-state index contributed by atoms with van der Waals surface area (Å²) in [6.45, 7) is 0.866. The Kier molecular flexibility index (Phi) is 5.83. The second-order valence-electron chi connectivity index (χ2n) is 4.64. The number of hydrogen-bond donors (Lipinski definition) is 2. The van der Waals surface area contributed by atoms with Crippen LogP contribution in [-0.2, 0) is 0 Å². The van der Waals surface area contributed by atoms with E-state index in [2.05, 4.69) is 20.4 Å². The molecule has 2 heterocycles. The number of aliphatic hydroxyl groups excluding tert-OH is 1. The molecule has 2 aromatic rings. The van der Waals surface area contributed by atoms with Crippen molar-refractivity contribution in [3.05, 3.63) is 36.5 Å². The van der Waals surface area contributed by atoms with Crippen LogP contribution in [0, 0.1) is 0 Å². The zero-order valence-electron chi connectivity index (χ0n) is 11.8. The molecule has 0 atom stereocenters. The topological polar surface area (TPSA) is 92.9 Å². The second-order valence-corrected chi connectivity index (χ2v) is 4.64. The fourth-order valence-corrected chi connectivity index (χ4v) is 1.88. The highest BCUT2D eigenvalue weighted by atomic mass is 16.2. The smallest absolute Gasteiger partial charge is 0.252 e. The maximum absolute atomic E-state index is 11.9. The monoisotopic (exact) mass is 289 g/mol. The average molecular weight is 289 g/mol. The predicted molar refractivity (Wildman–Crippen MR) is 77.0 cm³/mol. The summed E-state index contributed by atoms with van der Waals surface area (Å²) < 4.78 is 1.53. The number of rotatable bonds is 8. The van der Waals surface area contributed by atoms with Gasteiger partial charge in [-0.3, -0.25) is 4.79 Å². The fourth-order valence-electron chi connectivity index (χ4n) is 1.88. The number of aliphatic hydroxyl groups is 1. The lowest BCUT2D eigenvalue weighted by Gasteiger charge is -2.05.